The average Bonchev–Trinajstić information content (AvgIpc) is 2.87. The van der Waals surface area contributed by atoms with Gasteiger partial charge in [-0.05, 0) is 73.4 Å². The molecule has 0 radical (unpaired) electrons. The summed E-state index contributed by atoms with van der Waals surface area (Å²) in [5, 5.41) is 5.48. The lowest BCUT2D eigenvalue weighted by Crippen LogP contribution is -2.57. The number of nitrogens with one attached hydrogen (secondary N) is 2. The Labute approximate surface area is 261 Å². The van der Waals surface area contributed by atoms with Crippen LogP contribution >= 0.6 is 12.6 Å². The highest BCUT2D eigenvalue weighted by Crippen LogP contribution is 2.27. The number of carbonyl (C=O) groups is 4. The summed E-state index contributed by atoms with van der Waals surface area (Å²) in [7, 11) is 0. The zero-order chi connectivity index (χ0) is 32.5. The van der Waals surface area contributed by atoms with Gasteiger partial charge in [0.2, 0.25) is 11.8 Å². The van der Waals surface area contributed by atoms with Gasteiger partial charge in [-0.15, -0.1) is 0 Å². The van der Waals surface area contributed by atoms with E-state index in [1.807, 2.05) is 49.4 Å². The number of hydrogen-bond donors (Lipinski definition) is 3. The Balaban J connectivity index is 2.53. The van der Waals surface area contributed by atoms with E-state index in [9.17, 15) is 19.2 Å². The lowest BCUT2D eigenvalue weighted by atomic mass is 9.98. The average molecular weight is 614 g/mol. The summed E-state index contributed by atoms with van der Waals surface area (Å²) in [6.45, 7) is 15.9. The lowest BCUT2D eigenvalue weighted by molar-refractivity contribution is -0.159. The molecule has 0 heterocycles. The summed E-state index contributed by atoms with van der Waals surface area (Å²) in [5.74, 6) is -1.70. The fraction of sp³-hybridized carbons (Fsp3) is 0.515. The Morgan fingerprint density at radius 1 is 0.837 bits per heavy atom. The zero-order valence-corrected chi connectivity index (χ0v) is 27.7. The number of rotatable bonds is 11. The Morgan fingerprint density at radius 2 is 1.44 bits per heavy atom. The van der Waals surface area contributed by atoms with Gasteiger partial charge in [0.05, 0.1) is 0 Å². The minimum Gasteiger partial charge on any atom is -0.458 e. The van der Waals surface area contributed by atoms with Crippen molar-refractivity contribution >= 4 is 36.5 Å². The largest absolute Gasteiger partial charge is 0.458 e. The second-order valence-electron chi connectivity index (χ2n) is 12.8. The normalized spacial score (nSPS) is 13.8. The summed E-state index contributed by atoms with van der Waals surface area (Å²) in [5.41, 5.74) is 0.722. The minimum atomic E-state index is -1.13. The van der Waals surface area contributed by atoms with Gasteiger partial charge < -0.3 is 25.0 Å². The molecule has 3 atom stereocenters. The van der Waals surface area contributed by atoms with Gasteiger partial charge >= 0.3 is 12.1 Å². The van der Waals surface area contributed by atoms with Crippen LogP contribution in [0.15, 0.2) is 54.6 Å². The first-order valence-corrected chi connectivity index (χ1v) is 15.1. The van der Waals surface area contributed by atoms with Crippen LogP contribution in [-0.2, 0) is 30.3 Å². The van der Waals surface area contributed by atoms with E-state index in [1.54, 1.807) is 67.5 Å². The molecule has 9 nitrogen and oxygen atoms in total. The van der Waals surface area contributed by atoms with Crippen molar-refractivity contribution in [3.05, 3.63) is 71.3 Å². The molecular weight excluding hydrogens is 566 g/mol. The molecule has 0 aliphatic rings. The molecule has 0 aromatic heterocycles. The van der Waals surface area contributed by atoms with E-state index < -0.39 is 59.2 Å². The van der Waals surface area contributed by atoms with Gasteiger partial charge in [-0.3, -0.25) is 9.59 Å². The molecule has 2 aromatic rings. The number of hydrogen-bond acceptors (Lipinski definition) is 7. The van der Waals surface area contributed by atoms with E-state index in [2.05, 4.69) is 23.3 Å². The maximum atomic E-state index is 14.3. The molecule has 2 N–H and O–H groups in total. The van der Waals surface area contributed by atoms with Crippen LogP contribution in [-0.4, -0.2) is 63.9 Å². The second-order valence-corrected chi connectivity index (χ2v) is 13.2. The quantitative estimate of drug-likeness (QED) is 0.238. The molecule has 10 heteroatoms. The van der Waals surface area contributed by atoms with Crippen molar-refractivity contribution in [2.24, 2.45) is 0 Å². The van der Waals surface area contributed by atoms with Crippen molar-refractivity contribution in [1.29, 1.82) is 0 Å². The highest BCUT2D eigenvalue weighted by molar-refractivity contribution is 7.80. The van der Waals surface area contributed by atoms with Gasteiger partial charge in [0.15, 0.2) is 0 Å². The van der Waals surface area contributed by atoms with Crippen LogP contribution in [0.3, 0.4) is 0 Å². The SMILES string of the molecule is Cc1cccc(C(C(=O)NC(Cc2ccccc2)C(=O)OC(C)(C)C)N(C(=O)C(CS)NC(=O)OC(C)(C)C)C(C)C)c1. The summed E-state index contributed by atoms with van der Waals surface area (Å²) in [6.07, 6.45) is -0.579. The first kappa shape index (κ1) is 35.7. The van der Waals surface area contributed by atoms with Crippen molar-refractivity contribution in [3.8, 4) is 0 Å². The molecule has 2 rings (SSSR count). The van der Waals surface area contributed by atoms with E-state index >= 15 is 0 Å². The summed E-state index contributed by atoms with van der Waals surface area (Å²) in [4.78, 5) is 55.7. The molecule has 236 valence electrons. The number of aryl methyl sites for hydroxylation is 1. The fourth-order valence-electron chi connectivity index (χ4n) is 4.44. The molecule has 2 aromatic carbocycles. The first-order chi connectivity index (χ1) is 19.9. The molecule has 43 heavy (non-hydrogen) atoms. The maximum absolute atomic E-state index is 14.3. The number of nitrogens with zero attached hydrogens (tertiary/aromatic N) is 1. The van der Waals surface area contributed by atoms with Crippen LogP contribution in [0.25, 0.3) is 0 Å². The van der Waals surface area contributed by atoms with Gasteiger partial charge in [-0.2, -0.15) is 12.6 Å². The molecule has 3 amide bonds. The van der Waals surface area contributed by atoms with Crippen molar-refractivity contribution in [2.75, 3.05) is 5.75 Å². The molecule has 0 aliphatic heterocycles. The van der Waals surface area contributed by atoms with Gasteiger partial charge in [0, 0.05) is 18.2 Å². The van der Waals surface area contributed by atoms with Crippen LogP contribution in [0.4, 0.5) is 4.79 Å². The van der Waals surface area contributed by atoms with Gasteiger partial charge in [0.1, 0.15) is 29.3 Å². The standard InChI is InChI=1S/C33H47N3O6S/c1-21(2)36(29(38)26(20-43)35-31(40)42-33(7,8)9)27(24-17-13-14-22(3)18-24)28(37)34-25(30(39)41-32(4,5)6)19-23-15-11-10-12-16-23/h10-18,21,25-27,43H,19-20H2,1-9H3,(H,34,37)(H,35,40). The first-order valence-electron chi connectivity index (χ1n) is 14.5. The molecule has 3 unspecified atom stereocenters. The van der Waals surface area contributed by atoms with E-state index in [1.165, 1.54) is 4.90 Å². The molecule has 0 aliphatic carbocycles. The molecular formula is C33H47N3O6S. The topological polar surface area (TPSA) is 114 Å². The van der Waals surface area contributed by atoms with E-state index in [4.69, 9.17) is 9.47 Å². The monoisotopic (exact) mass is 613 g/mol. The molecule has 0 spiro atoms. The van der Waals surface area contributed by atoms with Crippen molar-refractivity contribution in [2.45, 2.75) is 104 Å². The van der Waals surface area contributed by atoms with E-state index in [0.29, 0.717) is 5.56 Å². The third-order valence-electron chi connectivity index (χ3n) is 6.16. The predicted octanol–water partition coefficient (Wildman–Crippen LogP) is 5.17. The fourth-order valence-corrected chi connectivity index (χ4v) is 4.69. The predicted molar refractivity (Wildman–Crippen MR) is 171 cm³/mol. The number of esters is 1. The van der Waals surface area contributed by atoms with E-state index in [-0.39, 0.29) is 12.2 Å². The second kappa shape index (κ2) is 15.3. The van der Waals surface area contributed by atoms with Crippen LogP contribution in [0.2, 0.25) is 0 Å². The van der Waals surface area contributed by atoms with Gasteiger partial charge in [-0.1, -0.05) is 60.2 Å². The summed E-state index contributed by atoms with van der Waals surface area (Å²) < 4.78 is 11.0. The maximum Gasteiger partial charge on any atom is 0.408 e. The summed E-state index contributed by atoms with van der Waals surface area (Å²) in [6, 6.07) is 12.9. The highest BCUT2D eigenvalue weighted by atomic mass is 32.1. The number of benzene rings is 2. The third kappa shape index (κ3) is 11.6. The minimum absolute atomic E-state index is 0.0298. The summed E-state index contributed by atoms with van der Waals surface area (Å²) >= 11 is 4.33. The van der Waals surface area contributed by atoms with Gasteiger partial charge in [0.25, 0.3) is 0 Å². The highest BCUT2D eigenvalue weighted by Gasteiger charge is 2.39. The van der Waals surface area contributed by atoms with Crippen molar-refractivity contribution in [3.63, 3.8) is 0 Å². The smallest absolute Gasteiger partial charge is 0.408 e. The van der Waals surface area contributed by atoms with Crippen molar-refractivity contribution in [1.82, 2.24) is 15.5 Å². The number of alkyl carbamates (subject to hydrolysis) is 1. The van der Waals surface area contributed by atoms with Crippen LogP contribution in [0, 0.1) is 6.92 Å². The lowest BCUT2D eigenvalue weighted by Gasteiger charge is -2.37. The molecule has 0 saturated heterocycles. The van der Waals surface area contributed by atoms with Crippen molar-refractivity contribution < 1.29 is 28.7 Å². The third-order valence-corrected chi connectivity index (χ3v) is 6.52. The number of thiol groups is 1. The Bertz CT molecular complexity index is 1250. The zero-order valence-electron chi connectivity index (χ0n) is 26.8. The molecule has 0 saturated carbocycles. The van der Waals surface area contributed by atoms with E-state index in [0.717, 1.165) is 11.1 Å². The molecule has 0 bridgehead atoms. The number of ether oxygens (including phenoxy) is 2. The number of amides is 3. The number of carbonyl (C=O) groups excluding carboxylic acids is 4. The van der Waals surface area contributed by atoms with Crippen LogP contribution in [0.5, 0.6) is 0 Å². The molecule has 0 fully saturated rings. The Kier molecular flexibility index (Phi) is 12.7. The van der Waals surface area contributed by atoms with Crippen LogP contribution in [0.1, 0.15) is 78.1 Å². The van der Waals surface area contributed by atoms with Crippen LogP contribution < -0.4 is 10.6 Å². The Hall–Kier alpha value is -3.53. The van der Waals surface area contributed by atoms with Gasteiger partial charge in [-0.25, -0.2) is 9.59 Å². The Morgan fingerprint density at radius 3 is 1.95 bits per heavy atom.